The summed E-state index contributed by atoms with van der Waals surface area (Å²) in [6.07, 6.45) is 12.6. The van der Waals surface area contributed by atoms with Crippen molar-refractivity contribution in [3.8, 4) is 0 Å². The number of urea groups is 1. The fourth-order valence-corrected chi connectivity index (χ4v) is 7.35. The standard InChI is InChI=1S/C23H35N3O2/c1-5-14-24-21(28)25-18-8-7-16-15-6-9-19-23(3,13-11-20(27)26(19)4)17(15)10-12-22(16,18)2/h5,11,13,15-19H,1,6-10,12,14H2,2-4H3,(H2,24,25,28)/t15-,16-,17+,18?,19?,22-,23+/m0/s1. The van der Waals surface area contributed by atoms with Gasteiger partial charge in [-0.25, -0.2) is 4.79 Å². The Balaban J connectivity index is 1.53. The minimum Gasteiger partial charge on any atom is -0.338 e. The topological polar surface area (TPSA) is 61.4 Å². The van der Waals surface area contributed by atoms with Crippen molar-refractivity contribution in [2.45, 2.75) is 64.5 Å². The van der Waals surface area contributed by atoms with Crippen molar-refractivity contribution in [2.24, 2.45) is 28.6 Å². The molecule has 7 atom stereocenters. The lowest BCUT2D eigenvalue weighted by atomic mass is 9.48. The number of likely N-dealkylation sites (N-methyl/N-ethyl adjacent to an activating group) is 1. The molecule has 28 heavy (non-hydrogen) atoms. The van der Waals surface area contributed by atoms with E-state index >= 15 is 0 Å². The highest BCUT2D eigenvalue weighted by Gasteiger charge is 2.60. The average molecular weight is 386 g/mol. The quantitative estimate of drug-likeness (QED) is 0.731. The Hall–Kier alpha value is -1.78. The molecular formula is C23H35N3O2. The zero-order valence-electron chi connectivity index (χ0n) is 17.5. The first kappa shape index (κ1) is 19.5. The number of nitrogens with one attached hydrogen (secondary N) is 2. The van der Waals surface area contributed by atoms with Crippen LogP contribution in [0.4, 0.5) is 4.79 Å². The molecule has 154 valence electrons. The molecule has 5 heteroatoms. The van der Waals surface area contributed by atoms with Gasteiger partial charge in [-0.1, -0.05) is 26.0 Å². The van der Waals surface area contributed by atoms with E-state index in [0.717, 1.165) is 19.3 Å². The van der Waals surface area contributed by atoms with Crippen LogP contribution in [-0.4, -0.2) is 42.5 Å². The van der Waals surface area contributed by atoms with Crippen LogP contribution in [0, 0.1) is 28.6 Å². The predicted molar refractivity (Wildman–Crippen MR) is 111 cm³/mol. The lowest BCUT2D eigenvalue weighted by Crippen LogP contribution is -2.60. The van der Waals surface area contributed by atoms with Gasteiger partial charge in [-0.3, -0.25) is 4.79 Å². The summed E-state index contributed by atoms with van der Waals surface area (Å²) in [6.45, 7) is 8.95. The van der Waals surface area contributed by atoms with E-state index in [1.165, 1.54) is 19.3 Å². The number of nitrogens with zero attached hydrogens (tertiary/aromatic N) is 1. The number of fused-ring (bicyclic) bond motifs is 5. The van der Waals surface area contributed by atoms with Gasteiger partial charge in [0.15, 0.2) is 0 Å². The number of carbonyl (C=O) groups excluding carboxylic acids is 2. The molecule has 1 heterocycles. The van der Waals surface area contributed by atoms with Crippen molar-refractivity contribution in [1.82, 2.24) is 15.5 Å². The van der Waals surface area contributed by atoms with Gasteiger partial charge in [-0.2, -0.15) is 0 Å². The Morgan fingerprint density at radius 2 is 2.04 bits per heavy atom. The fraction of sp³-hybridized carbons (Fsp3) is 0.739. The average Bonchev–Trinajstić information content (AvgIpc) is 3.00. The highest BCUT2D eigenvalue weighted by molar-refractivity contribution is 5.89. The first-order valence-corrected chi connectivity index (χ1v) is 10.9. The second-order valence-corrected chi connectivity index (χ2v) is 9.94. The largest absolute Gasteiger partial charge is 0.338 e. The van der Waals surface area contributed by atoms with Crippen LogP contribution in [0.2, 0.25) is 0 Å². The number of hydrogen-bond acceptors (Lipinski definition) is 2. The highest BCUT2D eigenvalue weighted by atomic mass is 16.2. The number of hydrogen-bond donors (Lipinski definition) is 2. The summed E-state index contributed by atoms with van der Waals surface area (Å²) in [5.41, 5.74) is 0.260. The van der Waals surface area contributed by atoms with Crippen LogP contribution in [0.5, 0.6) is 0 Å². The van der Waals surface area contributed by atoms with E-state index in [0.29, 0.717) is 30.3 Å². The lowest BCUT2D eigenvalue weighted by molar-refractivity contribution is -0.138. The number of carbonyl (C=O) groups is 2. The molecule has 3 fully saturated rings. The van der Waals surface area contributed by atoms with Gasteiger partial charge in [0.05, 0.1) is 0 Å². The van der Waals surface area contributed by atoms with E-state index in [9.17, 15) is 9.59 Å². The van der Waals surface area contributed by atoms with E-state index in [-0.39, 0.29) is 28.8 Å². The third-order valence-electron chi connectivity index (χ3n) is 8.84. The Kier molecular flexibility index (Phi) is 4.83. The van der Waals surface area contributed by atoms with Crippen LogP contribution >= 0.6 is 0 Å². The molecule has 2 unspecified atom stereocenters. The van der Waals surface area contributed by atoms with Gasteiger partial charge in [-0.05, 0) is 67.8 Å². The van der Waals surface area contributed by atoms with Gasteiger partial charge in [0.25, 0.3) is 0 Å². The van der Waals surface area contributed by atoms with Crippen molar-refractivity contribution in [1.29, 1.82) is 0 Å². The van der Waals surface area contributed by atoms with Crippen LogP contribution in [0.25, 0.3) is 0 Å². The van der Waals surface area contributed by atoms with E-state index in [2.05, 4.69) is 37.1 Å². The Morgan fingerprint density at radius 3 is 2.79 bits per heavy atom. The molecule has 0 aromatic heterocycles. The third-order valence-corrected chi connectivity index (χ3v) is 8.84. The van der Waals surface area contributed by atoms with Crippen LogP contribution in [0.3, 0.4) is 0 Å². The molecule has 2 N–H and O–H groups in total. The third kappa shape index (κ3) is 2.81. The second kappa shape index (κ2) is 6.93. The lowest BCUT2D eigenvalue weighted by Gasteiger charge is -2.60. The second-order valence-electron chi connectivity index (χ2n) is 9.94. The minimum absolute atomic E-state index is 0.0695. The molecule has 4 rings (SSSR count). The summed E-state index contributed by atoms with van der Waals surface area (Å²) >= 11 is 0. The smallest absolute Gasteiger partial charge is 0.315 e. The summed E-state index contributed by atoms with van der Waals surface area (Å²) < 4.78 is 0. The molecule has 0 saturated heterocycles. The summed E-state index contributed by atoms with van der Waals surface area (Å²) in [5, 5.41) is 6.13. The fourth-order valence-electron chi connectivity index (χ4n) is 7.35. The van der Waals surface area contributed by atoms with Gasteiger partial charge in [0.2, 0.25) is 5.91 Å². The van der Waals surface area contributed by atoms with Crippen LogP contribution in [0.15, 0.2) is 24.8 Å². The summed E-state index contributed by atoms with van der Waals surface area (Å²) in [4.78, 5) is 26.4. The zero-order chi connectivity index (χ0) is 20.1. The van der Waals surface area contributed by atoms with Gasteiger partial charge < -0.3 is 15.5 Å². The van der Waals surface area contributed by atoms with Crippen molar-refractivity contribution >= 4 is 11.9 Å². The Morgan fingerprint density at radius 1 is 1.25 bits per heavy atom. The predicted octanol–water partition coefficient (Wildman–Crippen LogP) is 3.48. The number of rotatable bonds is 3. The van der Waals surface area contributed by atoms with Gasteiger partial charge in [0.1, 0.15) is 0 Å². The van der Waals surface area contributed by atoms with E-state index in [1.807, 2.05) is 11.9 Å². The Labute approximate surface area is 169 Å². The molecular weight excluding hydrogens is 350 g/mol. The summed E-state index contributed by atoms with van der Waals surface area (Å²) in [5.74, 6) is 2.13. The van der Waals surface area contributed by atoms with Crippen molar-refractivity contribution in [3.05, 3.63) is 24.8 Å². The van der Waals surface area contributed by atoms with Crippen molar-refractivity contribution in [2.75, 3.05) is 13.6 Å². The maximum Gasteiger partial charge on any atom is 0.315 e. The molecule has 0 radical (unpaired) electrons. The minimum atomic E-state index is -0.0695. The van der Waals surface area contributed by atoms with Crippen LogP contribution in [-0.2, 0) is 4.79 Å². The molecule has 1 aliphatic heterocycles. The molecule has 3 aliphatic carbocycles. The van der Waals surface area contributed by atoms with Crippen LogP contribution in [0.1, 0.15) is 52.4 Å². The zero-order valence-corrected chi connectivity index (χ0v) is 17.5. The highest BCUT2D eigenvalue weighted by Crippen LogP contribution is 2.63. The number of amides is 3. The summed E-state index contributed by atoms with van der Waals surface area (Å²) in [7, 11) is 1.97. The maximum atomic E-state index is 12.2. The monoisotopic (exact) mass is 385 g/mol. The first-order valence-electron chi connectivity index (χ1n) is 10.9. The normalized spacial score (nSPS) is 44.3. The van der Waals surface area contributed by atoms with Gasteiger partial charge >= 0.3 is 6.03 Å². The van der Waals surface area contributed by atoms with Crippen LogP contribution < -0.4 is 10.6 Å². The maximum absolute atomic E-state index is 12.2. The molecule has 3 amide bonds. The summed E-state index contributed by atoms with van der Waals surface area (Å²) in [6, 6.07) is 0.510. The molecule has 4 aliphatic rings. The molecule has 0 aromatic carbocycles. The molecule has 0 spiro atoms. The molecule has 0 bridgehead atoms. The first-order chi connectivity index (χ1) is 13.3. The van der Waals surface area contributed by atoms with E-state index < -0.39 is 0 Å². The van der Waals surface area contributed by atoms with Gasteiger partial charge in [0, 0.05) is 31.1 Å². The van der Waals surface area contributed by atoms with Crippen molar-refractivity contribution in [3.63, 3.8) is 0 Å². The molecule has 0 aromatic rings. The SMILES string of the molecule is C=CCNC(=O)NC1CC[C@H]2[C@@H]3CCC4N(C)C(=O)C=C[C@]4(C)[C@@H]3CC[C@]12C. The van der Waals surface area contributed by atoms with Crippen molar-refractivity contribution < 1.29 is 9.59 Å². The van der Waals surface area contributed by atoms with E-state index in [4.69, 9.17) is 0 Å². The molecule has 3 saturated carbocycles. The van der Waals surface area contributed by atoms with E-state index in [1.54, 1.807) is 12.2 Å². The molecule has 5 nitrogen and oxygen atoms in total. The Bertz CT molecular complexity index is 704. The van der Waals surface area contributed by atoms with Gasteiger partial charge in [-0.15, -0.1) is 6.58 Å².